The van der Waals surface area contributed by atoms with E-state index in [4.69, 9.17) is 0 Å². The van der Waals surface area contributed by atoms with Crippen LogP contribution in [-0.2, 0) is 5.41 Å². The molecule has 2 nitrogen and oxygen atoms in total. The van der Waals surface area contributed by atoms with Gasteiger partial charge < -0.3 is 9.47 Å². The van der Waals surface area contributed by atoms with Crippen LogP contribution in [0.4, 0.5) is 17.1 Å². The monoisotopic (exact) mass is 698 g/mol. The maximum atomic E-state index is 2.52. The number of para-hydroxylation sites is 2. The van der Waals surface area contributed by atoms with Crippen LogP contribution in [0.25, 0.3) is 60.5 Å². The summed E-state index contributed by atoms with van der Waals surface area (Å²) in [5, 5.41) is 5.05. The molecule has 1 aliphatic heterocycles. The molecule has 2 aliphatic rings. The van der Waals surface area contributed by atoms with Gasteiger partial charge in [0.25, 0.3) is 0 Å². The van der Waals surface area contributed by atoms with E-state index in [1.807, 2.05) is 0 Å². The van der Waals surface area contributed by atoms with Crippen molar-refractivity contribution in [3.05, 3.63) is 229 Å². The first kappa shape index (κ1) is 30.3. The fourth-order valence-corrected chi connectivity index (χ4v) is 9.99. The fourth-order valence-electron chi connectivity index (χ4n) is 9.99. The molecular formula is C53H34N2. The minimum atomic E-state index is -0.497. The first-order chi connectivity index (χ1) is 27.3. The van der Waals surface area contributed by atoms with Gasteiger partial charge in [-0.2, -0.15) is 0 Å². The van der Waals surface area contributed by atoms with Gasteiger partial charge >= 0.3 is 0 Å². The standard InChI is InChI=1S/C53H34N2/c1-3-18-36(19-4-1)53(37-20-5-2-6-21-37)46-28-10-7-24-40(46)44-33-45-43-27-13-16-35-17-14-31-50(52(35)43)55(51(45)34-47(44)53)39-23-15-22-38(32-39)54-48-29-11-8-25-41(48)42-26-9-12-30-49(42)54/h1-34H. The van der Waals surface area contributed by atoms with Crippen molar-refractivity contribution in [3.63, 3.8) is 0 Å². The SMILES string of the molecule is c1ccc(C2(c3ccccc3)c3ccccc3-c3cc4c(cc32)N(c2cccc(-n3c5ccccc5c5ccccc53)c2)c2cccc3cccc-4c23)cc1. The maximum absolute atomic E-state index is 2.52. The molecule has 9 aromatic carbocycles. The molecule has 0 bridgehead atoms. The van der Waals surface area contributed by atoms with Gasteiger partial charge in [0.2, 0.25) is 0 Å². The van der Waals surface area contributed by atoms with E-state index in [1.165, 1.54) is 88.5 Å². The molecule has 0 saturated heterocycles. The summed E-state index contributed by atoms with van der Waals surface area (Å²) in [5.41, 5.74) is 16.8. The second kappa shape index (κ2) is 11.4. The van der Waals surface area contributed by atoms with Gasteiger partial charge in [-0.3, -0.25) is 0 Å². The maximum Gasteiger partial charge on any atom is 0.0714 e. The van der Waals surface area contributed by atoms with E-state index in [-0.39, 0.29) is 0 Å². The zero-order valence-electron chi connectivity index (χ0n) is 30.0. The van der Waals surface area contributed by atoms with Gasteiger partial charge in [-0.15, -0.1) is 0 Å². The first-order valence-corrected chi connectivity index (χ1v) is 19.1. The molecular weight excluding hydrogens is 665 g/mol. The second-order valence-electron chi connectivity index (χ2n) is 14.8. The van der Waals surface area contributed by atoms with E-state index in [0.29, 0.717) is 0 Å². The van der Waals surface area contributed by atoms with Crippen LogP contribution in [0.2, 0.25) is 0 Å². The number of hydrogen-bond acceptors (Lipinski definition) is 1. The minimum Gasteiger partial charge on any atom is -0.309 e. The lowest BCUT2D eigenvalue weighted by Gasteiger charge is -2.37. The van der Waals surface area contributed by atoms with E-state index in [2.05, 4.69) is 216 Å². The summed E-state index contributed by atoms with van der Waals surface area (Å²) in [4.78, 5) is 2.52. The molecule has 1 aliphatic carbocycles. The quantitative estimate of drug-likeness (QED) is 0.178. The van der Waals surface area contributed by atoms with Crippen molar-refractivity contribution in [2.24, 2.45) is 0 Å². The molecule has 0 spiro atoms. The molecule has 0 amide bonds. The van der Waals surface area contributed by atoms with E-state index in [1.54, 1.807) is 0 Å². The van der Waals surface area contributed by atoms with Crippen LogP contribution in [-0.4, -0.2) is 4.57 Å². The van der Waals surface area contributed by atoms with Crippen molar-refractivity contribution in [1.29, 1.82) is 0 Å². The van der Waals surface area contributed by atoms with Crippen LogP contribution in [0, 0.1) is 0 Å². The molecule has 2 heterocycles. The lowest BCUT2D eigenvalue weighted by atomic mass is 9.67. The third-order valence-corrected chi connectivity index (χ3v) is 12.2. The van der Waals surface area contributed by atoms with Gasteiger partial charge in [0.1, 0.15) is 0 Å². The number of anilines is 3. The third-order valence-electron chi connectivity index (χ3n) is 12.2. The van der Waals surface area contributed by atoms with Crippen molar-refractivity contribution in [2.45, 2.75) is 5.41 Å². The Morgan fingerprint density at radius 3 is 1.65 bits per heavy atom. The Morgan fingerprint density at radius 2 is 0.927 bits per heavy atom. The molecule has 0 saturated carbocycles. The normalized spacial score (nSPS) is 13.6. The Balaban J connectivity index is 1.18. The number of rotatable bonds is 4. The average molecular weight is 699 g/mol. The number of aromatic nitrogens is 1. The number of benzene rings is 9. The van der Waals surface area contributed by atoms with Crippen LogP contribution in [0.5, 0.6) is 0 Å². The molecule has 12 rings (SSSR count). The Labute approximate surface area is 319 Å². The lowest BCUT2D eigenvalue weighted by Crippen LogP contribution is -2.29. The summed E-state index contributed by atoms with van der Waals surface area (Å²) in [6, 6.07) is 76.4. The van der Waals surface area contributed by atoms with Crippen LogP contribution < -0.4 is 4.90 Å². The Bertz CT molecular complexity index is 3060. The van der Waals surface area contributed by atoms with Gasteiger partial charge in [-0.1, -0.05) is 158 Å². The highest BCUT2D eigenvalue weighted by Crippen LogP contribution is 2.60. The number of hydrogen-bond donors (Lipinski definition) is 0. The van der Waals surface area contributed by atoms with E-state index < -0.39 is 5.41 Å². The molecule has 0 atom stereocenters. The second-order valence-corrected chi connectivity index (χ2v) is 14.8. The average Bonchev–Trinajstić information content (AvgIpc) is 3.74. The largest absolute Gasteiger partial charge is 0.309 e. The summed E-state index contributed by atoms with van der Waals surface area (Å²) in [7, 11) is 0. The Hall–Kier alpha value is -7.16. The fraction of sp³-hybridized carbons (Fsp3) is 0.0189. The van der Waals surface area contributed by atoms with Gasteiger partial charge in [0.05, 0.1) is 27.8 Å². The smallest absolute Gasteiger partial charge is 0.0714 e. The summed E-state index contributed by atoms with van der Waals surface area (Å²) in [5.74, 6) is 0. The molecule has 0 fully saturated rings. The van der Waals surface area contributed by atoms with Crippen molar-refractivity contribution < 1.29 is 0 Å². The number of nitrogens with zero attached hydrogens (tertiary/aromatic N) is 2. The summed E-state index contributed by atoms with van der Waals surface area (Å²) >= 11 is 0. The van der Waals surface area contributed by atoms with Crippen LogP contribution in [0.1, 0.15) is 22.3 Å². The molecule has 256 valence electrons. The van der Waals surface area contributed by atoms with E-state index in [0.717, 1.165) is 11.4 Å². The Kier molecular flexibility index (Phi) is 6.29. The van der Waals surface area contributed by atoms with Gasteiger partial charge in [-0.05, 0) is 92.9 Å². The zero-order chi connectivity index (χ0) is 36.1. The molecule has 55 heavy (non-hydrogen) atoms. The van der Waals surface area contributed by atoms with Gasteiger partial charge in [0.15, 0.2) is 0 Å². The predicted molar refractivity (Wildman–Crippen MR) is 229 cm³/mol. The molecule has 0 N–H and O–H groups in total. The highest BCUT2D eigenvalue weighted by Gasteiger charge is 2.47. The van der Waals surface area contributed by atoms with Crippen LogP contribution >= 0.6 is 0 Å². The van der Waals surface area contributed by atoms with Gasteiger partial charge in [-0.25, -0.2) is 0 Å². The molecule has 0 unspecified atom stereocenters. The van der Waals surface area contributed by atoms with Crippen molar-refractivity contribution in [3.8, 4) is 27.9 Å². The van der Waals surface area contributed by atoms with Crippen LogP contribution in [0.15, 0.2) is 206 Å². The third kappa shape index (κ3) is 4.08. The van der Waals surface area contributed by atoms with E-state index >= 15 is 0 Å². The zero-order valence-corrected chi connectivity index (χ0v) is 30.0. The molecule has 2 heteroatoms. The van der Waals surface area contributed by atoms with Crippen LogP contribution in [0.3, 0.4) is 0 Å². The summed E-state index contributed by atoms with van der Waals surface area (Å²) < 4.78 is 2.42. The van der Waals surface area contributed by atoms with Gasteiger partial charge in [0, 0.05) is 33.1 Å². The summed E-state index contributed by atoms with van der Waals surface area (Å²) in [6.07, 6.45) is 0. The van der Waals surface area contributed by atoms with Crippen molar-refractivity contribution in [2.75, 3.05) is 4.90 Å². The topological polar surface area (TPSA) is 8.17 Å². The molecule has 0 radical (unpaired) electrons. The van der Waals surface area contributed by atoms with Crippen molar-refractivity contribution in [1.82, 2.24) is 4.57 Å². The highest BCUT2D eigenvalue weighted by atomic mass is 15.2. The first-order valence-electron chi connectivity index (χ1n) is 19.1. The van der Waals surface area contributed by atoms with E-state index in [9.17, 15) is 0 Å². The highest BCUT2D eigenvalue weighted by molar-refractivity contribution is 6.15. The predicted octanol–water partition coefficient (Wildman–Crippen LogP) is 13.8. The molecule has 10 aromatic rings. The summed E-state index contributed by atoms with van der Waals surface area (Å²) in [6.45, 7) is 0. The molecule has 1 aromatic heterocycles. The lowest BCUT2D eigenvalue weighted by molar-refractivity contribution is 0.768. The minimum absolute atomic E-state index is 0.497. The Morgan fingerprint density at radius 1 is 0.345 bits per heavy atom. The van der Waals surface area contributed by atoms with Crippen molar-refractivity contribution >= 4 is 49.6 Å². The number of fused-ring (bicyclic) bond motifs is 8.